The van der Waals surface area contributed by atoms with Gasteiger partial charge in [-0.3, -0.25) is 4.79 Å². The second kappa shape index (κ2) is 8.88. The van der Waals surface area contributed by atoms with Crippen molar-refractivity contribution in [3.05, 3.63) is 12.4 Å². The van der Waals surface area contributed by atoms with E-state index in [1.165, 1.54) is 12.8 Å². The standard InChI is InChI=1S/C23H39N5O/c1-6-7-22(4,5)20(29)27-12-8-23(9-13-27)10-14-28(15-11-23)21-24-16-19(17-25-21)26-18(2)3/h16-18,26H,6-15H2,1-5H3. The van der Waals surface area contributed by atoms with Gasteiger partial charge in [-0.05, 0) is 51.4 Å². The van der Waals surface area contributed by atoms with Crippen LogP contribution in [0.2, 0.25) is 0 Å². The van der Waals surface area contributed by atoms with Crippen LogP contribution in [-0.4, -0.2) is 53.0 Å². The van der Waals surface area contributed by atoms with E-state index in [9.17, 15) is 4.79 Å². The highest BCUT2D eigenvalue weighted by Crippen LogP contribution is 2.42. The first-order valence-electron chi connectivity index (χ1n) is 11.4. The lowest BCUT2D eigenvalue weighted by atomic mass is 9.71. The highest BCUT2D eigenvalue weighted by molar-refractivity contribution is 5.82. The molecule has 6 heteroatoms. The van der Waals surface area contributed by atoms with Gasteiger partial charge in [-0.1, -0.05) is 27.2 Å². The molecule has 1 aromatic heterocycles. The van der Waals surface area contributed by atoms with Crippen molar-refractivity contribution in [2.24, 2.45) is 10.8 Å². The minimum Gasteiger partial charge on any atom is -0.380 e. The van der Waals surface area contributed by atoms with Crippen LogP contribution in [0.3, 0.4) is 0 Å². The number of hydrogen-bond donors (Lipinski definition) is 1. The molecule has 0 aliphatic carbocycles. The zero-order valence-electron chi connectivity index (χ0n) is 19.0. The number of likely N-dealkylation sites (tertiary alicyclic amines) is 1. The van der Waals surface area contributed by atoms with Crippen LogP contribution in [0.25, 0.3) is 0 Å². The summed E-state index contributed by atoms with van der Waals surface area (Å²) in [6.07, 6.45) is 10.4. The first-order chi connectivity index (χ1) is 13.7. The molecule has 3 rings (SSSR count). The van der Waals surface area contributed by atoms with Crippen LogP contribution >= 0.6 is 0 Å². The Morgan fingerprint density at radius 1 is 1.10 bits per heavy atom. The van der Waals surface area contributed by atoms with E-state index in [-0.39, 0.29) is 5.41 Å². The third kappa shape index (κ3) is 5.20. The molecule has 162 valence electrons. The quantitative estimate of drug-likeness (QED) is 0.769. The van der Waals surface area contributed by atoms with Crippen LogP contribution in [-0.2, 0) is 4.79 Å². The van der Waals surface area contributed by atoms with Gasteiger partial charge in [0.1, 0.15) is 0 Å². The predicted octanol–water partition coefficient (Wildman–Crippen LogP) is 4.33. The van der Waals surface area contributed by atoms with Gasteiger partial charge in [0.05, 0.1) is 18.1 Å². The van der Waals surface area contributed by atoms with Crippen molar-refractivity contribution >= 4 is 17.5 Å². The summed E-state index contributed by atoms with van der Waals surface area (Å²) in [5, 5.41) is 3.34. The fraction of sp³-hybridized carbons (Fsp3) is 0.783. The molecule has 2 aliphatic heterocycles. The number of aromatic nitrogens is 2. The zero-order chi connectivity index (χ0) is 21.1. The zero-order valence-corrected chi connectivity index (χ0v) is 19.0. The number of nitrogens with zero attached hydrogens (tertiary/aromatic N) is 4. The summed E-state index contributed by atoms with van der Waals surface area (Å²) in [5.74, 6) is 1.18. The van der Waals surface area contributed by atoms with Crippen LogP contribution < -0.4 is 10.2 Å². The molecule has 29 heavy (non-hydrogen) atoms. The van der Waals surface area contributed by atoms with E-state index < -0.39 is 0 Å². The van der Waals surface area contributed by atoms with Crippen molar-refractivity contribution < 1.29 is 4.79 Å². The summed E-state index contributed by atoms with van der Waals surface area (Å²) in [5.41, 5.74) is 1.14. The number of carbonyl (C=O) groups is 1. The van der Waals surface area contributed by atoms with Crippen molar-refractivity contribution in [2.45, 2.75) is 79.2 Å². The lowest BCUT2D eigenvalue weighted by Gasteiger charge is -2.47. The van der Waals surface area contributed by atoms with Gasteiger partial charge >= 0.3 is 0 Å². The smallest absolute Gasteiger partial charge is 0.228 e. The molecule has 2 saturated heterocycles. The number of nitrogens with one attached hydrogen (secondary N) is 1. The van der Waals surface area contributed by atoms with Crippen LogP contribution in [0, 0.1) is 10.8 Å². The minimum atomic E-state index is -0.226. The molecule has 0 unspecified atom stereocenters. The van der Waals surface area contributed by atoms with E-state index in [2.05, 4.69) is 59.7 Å². The van der Waals surface area contributed by atoms with Crippen molar-refractivity contribution in [3.63, 3.8) is 0 Å². The number of rotatable bonds is 6. The van der Waals surface area contributed by atoms with Crippen molar-refractivity contribution in [3.8, 4) is 0 Å². The first kappa shape index (κ1) is 21.8. The van der Waals surface area contributed by atoms with Gasteiger partial charge < -0.3 is 15.1 Å². The van der Waals surface area contributed by atoms with E-state index in [4.69, 9.17) is 0 Å². The van der Waals surface area contributed by atoms with Crippen LogP contribution in [0.4, 0.5) is 11.6 Å². The van der Waals surface area contributed by atoms with Gasteiger partial charge in [0.25, 0.3) is 0 Å². The van der Waals surface area contributed by atoms with Crippen molar-refractivity contribution in [1.82, 2.24) is 14.9 Å². The number of hydrogen-bond acceptors (Lipinski definition) is 5. The molecular formula is C23H39N5O. The second-order valence-electron chi connectivity index (χ2n) is 9.98. The Labute approximate surface area is 176 Å². The van der Waals surface area contributed by atoms with Crippen LogP contribution in [0.15, 0.2) is 12.4 Å². The fourth-order valence-corrected chi connectivity index (χ4v) is 4.92. The fourth-order valence-electron chi connectivity index (χ4n) is 4.92. The summed E-state index contributed by atoms with van der Waals surface area (Å²) < 4.78 is 0. The molecule has 0 bridgehead atoms. The van der Waals surface area contributed by atoms with Gasteiger partial charge in [0.15, 0.2) is 0 Å². The Morgan fingerprint density at radius 3 is 2.17 bits per heavy atom. The Hall–Kier alpha value is -1.85. The maximum absolute atomic E-state index is 12.9. The average molecular weight is 402 g/mol. The van der Waals surface area contributed by atoms with E-state index in [0.717, 1.165) is 63.5 Å². The van der Waals surface area contributed by atoms with Crippen molar-refractivity contribution in [1.29, 1.82) is 0 Å². The largest absolute Gasteiger partial charge is 0.380 e. The summed E-state index contributed by atoms with van der Waals surface area (Å²) in [4.78, 5) is 26.5. The van der Waals surface area contributed by atoms with Crippen LogP contribution in [0.5, 0.6) is 0 Å². The molecule has 1 spiro atoms. The van der Waals surface area contributed by atoms with E-state index in [1.54, 1.807) is 0 Å². The first-order valence-corrected chi connectivity index (χ1v) is 11.4. The van der Waals surface area contributed by atoms with E-state index >= 15 is 0 Å². The van der Waals surface area contributed by atoms with Gasteiger partial charge in [-0.2, -0.15) is 0 Å². The van der Waals surface area contributed by atoms with Gasteiger partial charge in [0, 0.05) is 37.6 Å². The Balaban J connectivity index is 1.51. The summed E-state index contributed by atoms with van der Waals surface area (Å²) in [6, 6.07) is 0.379. The molecule has 0 aromatic carbocycles. The number of piperidine rings is 2. The molecule has 2 aliphatic rings. The topological polar surface area (TPSA) is 61.4 Å². The van der Waals surface area contributed by atoms with E-state index in [0.29, 0.717) is 17.4 Å². The molecule has 3 heterocycles. The molecule has 0 radical (unpaired) electrons. The Kier molecular flexibility index (Phi) is 6.69. The maximum atomic E-state index is 12.9. The average Bonchev–Trinajstić information content (AvgIpc) is 2.69. The Morgan fingerprint density at radius 2 is 1.66 bits per heavy atom. The minimum absolute atomic E-state index is 0.226. The lowest BCUT2D eigenvalue weighted by molar-refractivity contribution is -0.143. The van der Waals surface area contributed by atoms with E-state index in [1.807, 2.05) is 12.4 Å². The Bertz CT molecular complexity index is 667. The SMILES string of the molecule is CCCC(C)(C)C(=O)N1CCC2(CC1)CCN(c1ncc(NC(C)C)cn1)CC2. The number of amides is 1. The molecule has 6 nitrogen and oxygen atoms in total. The predicted molar refractivity (Wildman–Crippen MR) is 119 cm³/mol. The third-order valence-corrected chi connectivity index (χ3v) is 6.77. The summed E-state index contributed by atoms with van der Waals surface area (Å²) in [7, 11) is 0. The number of carbonyl (C=O) groups excluding carboxylic acids is 1. The maximum Gasteiger partial charge on any atom is 0.228 e. The molecule has 0 atom stereocenters. The lowest BCUT2D eigenvalue weighted by Crippen LogP contribution is -2.51. The van der Waals surface area contributed by atoms with Gasteiger partial charge in [0.2, 0.25) is 11.9 Å². The second-order valence-corrected chi connectivity index (χ2v) is 9.98. The summed E-state index contributed by atoms with van der Waals surface area (Å²) >= 11 is 0. The van der Waals surface area contributed by atoms with Crippen molar-refractivity contribution in [2.75, 3.05) is 36.4 Å². The summed E-state index contributed by atoms with van der Waals surface area (Å²) in [6.45, 7) is 14.4. The molecule has 1 aromatic rings. The molecule has 2 fully saturated rings. The number of anilines is 2. The van der Waals surface area contributed by atoms with Gasteiger partial charge in [-0.25, -0.2) is 9.97 Å². The molecular weight excluding hydrogens is 362 g/mol. The van der Waals surface area contributed by atoms with Gasteiger partial charge in [-0.15, -0.1) is 0 Å². The third-order valence-electron chi connectivity index (χ3n) is 6.77. The molecule has 1 amide bonds. The molecule has 1 N–H and O–H groups in total. The normalized spacial score (nSPS) is 19.7. The highest BCUT2D eigenvalue weighted by Gasteiger charge is 2.41. The van der Waals surface area contributed by atoms with Crippen LogP contribution in [0.1, 0.15) is 73.1 Å². The molecule has 0 saturated carbocycles. The highest BCUT2D eigenvalue weighted by atomic mass is 16.2. The monoisotopic (exact) mass is 401 g/mol.